The standard InChI is InChI=1S/C13H22N2O2/c16-13(17)9-4-5-10(9)14-11-6-8-15-7-2-1-3-12(11)15/h9-12,14H,1-8H2,(H,16,17). The molecule has 2 saturated heterocycles. The van der Waals surface area contributed by atoms with E-state index in [9.17, 15) is 4.79 Å². The third kappa shape index (κ3) is 2.08. The van der Waals surface area contributed by atoms with Crippen molar-refractivity contribution in [1.29, 1.82) is 0 Å². The molecule has 4 nitrogen and oxygen atoms in total. The summed E-state index contributed by atoms with van der Waals surface area (Å²) in [6.45, 7) is 2.45. The fourth-order valence-electron chi connectivity index (χ4n) is 3.71. The highest BCUT2D eigenvalue weighted by molar-refractivity contribution is 5.72. The highest BCUT2D eigenvalue weighted by Gasteiger charge is 2.42. The summed E-state index contributed by atoms with van der Waals surface area (Å²) in [6, 6.07) is 1.46. The first kappa shape index (κ1) is 11.5. The number of hydrogen-bond acceptors (Lipinski definition) is 3. The zero-order valence-electron chi connectivity index (χ0n) is 10.3. The number of carbonyl (C=O) groups is 1. The Hall–Kier alpha value is -0.610. The number of fused-ring (bicyclic) bond motifs is 1. The van der Waals surface area contributed by atoms with Gasteiger partial charge in [0.1, 0.15) is 0 Å². The third-order valence-corrected chi connectivity index (χ3v) is 4.88. The minimum Gasteiger partial charge on any atom is -0.481 e. The van der Waals surface area contributed by atoms with Crippen LogP contribution in [0.25, 0.3) is 0 Å². The molecular formula is C13H22N2O2. The molecule has 0 spiro atoms. The zero-order valence-corrected chi connectivity index (χ0v) is 10.3. The van der Waals surface area contributed by atoms with Gasteiger partial charge in [0.2, 0.25) is 0 Å². The molecule has 0 aromatic carbocycles. The largest absolute Gasteiger partial charge is 0.481 e. The molecule has 2 aliphatic heterocycles. The highest BCUT2D eigenvalue weighted by Crippen LogP contribution is 2.32. The first-order chi connectivity index (χ1) is 8.25. The Morgan fingerprint density at radius 2 is 1.94 bits per heavy atom. The molecule has 0 aromatic heterocycles. The Morgan fingerprint density at radius 3 is 2.65 bits per heavy atom. The number of nitrogens with one attached hydrogen (secondary N) is 1. The molecule has 1 aliphatic carbocycles. The van der Waals surface area contributed by atoms with Crippen molar-refractivity contribution < 1.29 is 9.90 Å². The first-order valence-electron chi connectivity index (χ1n) is 6.98. The lowest BCUT2D eigenvalue weighted by Gasteiger charge is -2.39. The summed E-state index contributed by atoms with van der Waals surface area (Å²) >= 11 is 0. The van der Waals surface area contributed by atoms with Crippen LogP contribution in [0.5, 0.6) is 0 Å². The predicted molar refractivity (Wildman–Crippen MR) is 64.9 cm³/mol. The molecule has 1 saturated carbocycles. The average molecular weight is 238 g/mol. The lowest BCUT2D eigenvalue weighted by atomic mass is 9.79. The van der Waals surface area contributed by atoms with E-state index < -0.39 is 5.97 Å². The fraction of sp³-hybridized carbons (Fsp3) is 0.923. The molecule has 4 atom stereocenters. The number of nitrogens with zero attached hydrogens (tertiary/aromatic N) is 1. The van der Waals surface area contributed by atoms with Gasteiger partial charge in [0, 0.05) is 24.7 Å². The molecule has 0 radical (unpaired) electrons. The van der Waals surface area contributed by atoms with E-state index in [0.29, 0.717) is 12.1 Å². The monoisotopic (exact) mass is 238 g/mol. The SMILES string of the molecule is O=C(O)C1CCC1NC1CCN2CCCCC12. The molecule has 3 rings (SSSR count). The van der Waals surface area contributed by atoms with Crippen LogP contribution < -0.4 is 5.32 Å². The van der Waals surface area contributed by atoms with Gasteiger partial charge in [-0.3, -0.25) is 9.69 Å². The molecular weight excluding hydrogens is 216 g/mol. The Labute approximate surface area is 102 Å². The number of carboxylic acid groups (broad SMARTS) is 1. The molecule has 0 aromatic rings. The number of hydrogen-bond donors (Lipinski definition) is 2. The van der Waals surface area contributed by atoms with Crippen molar-refractivity contribution >= 4 is 5.97 Å². The number of aliphatic carboxylic acids is 1. The van der Waals surface area contributed by atoms with Gasteiger partial charge in [0.25, 0.3) is 0 Å². The average Bonchev–Trinajstić information content (AvgIpc) is 2.67. The van der Waals surface area contributed by atoms with Crippen LogP contribution >= 0.6 is 0 Å². The Kier molecular flexibility index (Phi) is 3.09. The summed E-state index contributed by atoms with van der Waals surface area (Å²) in [5.74, 6) is -0.750. The van der Waals surface area contributed by atoms with Gasteiger partial charge in [0.05, 0.1) is 5.92 Å². The van der Waals surface area contributed by atoms with E-state index in [1.807, 2.05) is 0 Å². The van der Waals surface area contributed by atoms with Crippen molar-refractivity contribution in [3.63, 3.8) is 0 Å². The Balaban J connectivity index is 1.57. The zero-order chi connectivity index (χ0) is 11.8. The van der Waals surface area contributed by atoms with Crippen LogP contribution in [0.1, 0.15) is 38.5 Å². The molecule has 3 aliphatic rings. The third-order valence-electron chi connectivity index (χ3n) is 4.88. The number of piperidine rings is 1. The predicted octanol–water partition coefficient (Wildman–Crippen LogP) is 1.07. The second-order valence-corrected chi connectivity index (χ2v) is 5.79. The van der Waals surface area contributed by atoms with Crippen LogP contribution in [0.15, 0.2) is 0 Å². The number of rotatable bonds is 3. The van der Waals surface area contributed by atoms with Gasteiger partial charge in [-0.05, 0) is 38.6 Å². The van der Waals surface area contributed by atoms with Crippen LogP contribution in [0.2, 0.25) is 0 Å². The Bertz CT molecular complexity index is 308. The van der Waals surface area contributed by atoms with E-state index in [1.54, 1.807) is 0 Å². The molecule has 2 heterocycles. The van der Waals surface area contributed by atoms with Gasteiger partial charge >= 0.3 is 5.97 Å². The van der Waals surface area contributed by atoms with Crippen molar-refractivity contribution in [3.05, 3.63) is 0 Å². The van der Waals surface area contributed by atoms with Crippen molar-refractivity contribution in [3.8, 4) is 0 Å². The Morgan fingerprint density at radius 1 is 1.06 bits per heavy atom. The van der Waals surface area contributed by atoms with E-state index in [-0.39, 0.29) is 12.0 Å². The summed E-state index contributed by atoms with van der Waals surface area (Å²) < 4.78 is 0. The van der Waals surface area contributed by atoms with Gasteiger partial charge in [-0.25, -0.2) is 0 Å². The van der Waals surface area contributed by atoms with Gasteiger partial charge in [-0.15, -0.1) is 0 Å². The molecule has 0 amide bonds. The van der Waals surface area contributed by atoms with Crippen molar-refractivity contribution in [1.82, 2.24) is 10.2 Å². The lowest BCUT2D eigenvalue weighted by molar-refractivity contribution is -0.146. The van der Waals surface area contributed by atoms with E-state index >= 15 is 0 Å². The van der Waals surface area contributed by atoms with Crippen LogP contribution in [0.4, 0.5) is 0 Å². The second-order valence-electron chi connectivity index (χ2n) is 5.79. The van der Waals surface area contributed by atoms with Crippen LogP contribution in [-0.4, -0.2) is 47.2 Å². The molecule has 3 fully saturated rings. The van der Waals surface area contributed by atoms with E-state index in [4.69, 9.17) is 5.11 Å². The van der Waals surface area contributed by atoms with Crippen molar-refractivity contribution in [2.24, 2.45) is 5.92 Å². The van der Waals surface area contributed by atoms with Gasteiger partial charge in [-0.1, -0.05) is 6.42 Å². The van der Waals surface area contributed by atoms with Gasteiger partial charge in [-0.2, -0.15) is 0 Å². The molecule has 0 bridgehead atoms. The van der Waals surface area contributed by atoms with Gasteiger partial charge < -0.3 is 10.4 Å². The fourth-order valence-corrected chi connectivity index (χ4v) is 3.71. The summed E-state index contributed by atoms with van der Waals surface area (Å²) in [6.07, 6.45) is 7.07. The topological polar surface area (TPSA) is 52.6 Å². The van der Waals surface area contributed by atoms with Crippen molar-refractivity contribution in [2.45, 2.75) is 56.7 Å². The lowest BCUT2D eigenvalue weighted by Crippen LogP contribution is -2.55. The van der Waals surface area contributed by atoms with Crippen LogP contribution in [0, 0.1) is 5.92 Å². The normalized spacial score (nSPS) is 41.9. The summed E-state index contributed by atoms with van der Waals surface area (Å²) in [5, 5.41) is 12.7. The minimum atomic E-state index is -0.618. The maximum atomic E-state index is 11.0. The van der Waals surface area contributed by atoms with E-state index in [1.165, 1.54) is 38.8 Å². The summed E-state index contributed by atoms with van der Waals surface area (Å²) in [7, 11) is 0. The van der Waals surface area contributed by atoms with Crippen LogP contribution in [-0.2, 0) is 4.79 Å². The molecule has 96 valence electrons. The molecule has 4 heteroatoms. The molecule has 17 heavy (non-hydrogen) atoms. The summed E-state index contributed by atoms with van der Waals surface area (Å²) in [4.78, 5) is 13.6. The minimum absolute atomic E-state index is 0.132. The van der Waals surface area contributed by atoms with Gasteiger partial charge in [0.15, 0.2) is 0 Å². The highest BCUT2D eigenvalue weighted by atomic mass is 16.4. The second kappa shape index (κ2) is 4.58. The van der Waals surface area contributed by atoms with Crippen molar-refractivity contribution in [2.75, 3.05) is 13.1 Å². The van der Waals surface area contributed by atoms with E-state index in [0.717, 1.165) is 12.8 Å². The maximum Gasteiger partial charge on any atom is 0.308 e. The molecule has 4 unspecified atom stereocenters. The quantitative estimate of drug-likeness (QED) is 0.772. The smallest absolute Gasteiger partial charge is 0.308 e. The van der Waals surface area contributed by atoms with E-state index in [2.05, 4.69) is 10.2 Å². The molecule has 2 N–H and O–H groups in total. The number of carboxylic acids is 1. The first-order valence-corrected chi connectivity index (χ1v) is 6.98. The summed E-state index contributed by atoms with van der Waals surface area (Å²) in [5.41, 5.74) is 0. The maximum absolute atomic E-state index is 11.0. The van der Waals surface area contributed by atoms with Crippen LogP contribution in [0.3, 0.4) is 0 Å².